The first kappa shape index (κ1) is 10.1. The van der Waals surface area contributed by atoms with Crippen LogP contribution in [-0.2, 0) is 4.74 Å². The van der Waals surface area contributed by atoms with Crippen LogP contribution in [0.25, 0.3) is 0 Å². The van der Waals surface area contributed by atoms with Gasteiger partial charge in [-0.1, -0.05) is 0 Å². The van der Waals surface area contributed by atoms with Crippen LogP contribution in [0.5, 0.6) is 0 Å². The van der Waals surface area contributed by atoms with Crippen LogP contribution < -0.4 is 0 Å². The number of carbonyl (C=O) groups excluding carboxylic acids is 1. The second kappa shape index (κ2) is 4.38. The summed E-state index contributed by atoms with van der Waals surface area (Å²) in [6.07, 6.45) is 2.40. The highest BCUT2D eigenvalue weighted by molar-refractivity contribution is 5.68. The molecule has 4 nitrogen and oxygen atoms in total. The maximum atomic E-state index is 11.4. The van der Waals surface area contributed by atoms with Gasteiger partial charge >= 0.3 is 6.09 Å². The molecule has 0 spiro atoms. The molecule has 2 heterocycles. The van der Waals surface area contributed by atoms with Crippen LogP contribution in [0.1, 0.15) is 25.0 Å². The van der Waals surface area contributed by atoms with Gasteiger partial charge in [-0.2, -0.15) is 0 Å². The molecule has 1 unspecified atom stereocenters. The van der Waals surface area contributed by atoms with Gasteiger partial charge in [0, 0.05) is 19.0 Å². The van der Waals surface area contributed by atoms with E-state index in [2.05, 4.69) is 0 Å². The molecule has 0 saturated carbocycles. The fraction of sp³-hybridized carbons (Fsp3) is 0.545. The summed E-state index contributed by atoms with van der Waals surface area (Å²) in [5.41, 5.74) is 0. The first-order chi connectivity index (χ1) is 7.31. The van der Waals surface area contributed by atoms with Crippen molar-refractivity contribution in [2.45, 2.75) is 19.3 Å². The van der Waals surface area contributed by atoms with Gasteiger partial charge in [0.2, 0.25) is 0 Å². The number of nitrogens with zero attached hydrogens (tertiary/aromatic N) is 1. The van der Waals surface area contributed by atoms with Gasteiger partial charge in [-0.15, -0.1) is 0 Å². The Morgan fingerprint density at radius 1 is 1.73 bits per heavy atom. The normalized spacial score (nSPS) is 20.6. The fourth-order valence-corrected chi connectivity index (χ4v) is 1.90. The fourth-order valence-electron chi connectivity index (χ4n) is 1.90. The van der Waals surface area contributed by atoms with Crippen LogP contribution >= 0.6 is 0 Å². The summed E-state index contributed by atoms with van der Waals surface area (Å²) in [7, 11) is 0. The summed E-state index contributed by atoms with van der Waals surface area (Å²) in [6, 6.07) is 3.83. The largest absolute Gasteiger partial charge is 0.469 e. The van der Waals surface area contributed by atoms with E-state index < -0.39 is 0 Å². The van der Waals surface area contributed by atoms with Crippen LogP contribution in [0.3, 0.4) is 0 Å². The van der Waals surface area contributed by atoms with E-state index in [0.717, 1.165) is 18.7 Å². The van der Waals surface area contributed by atoms with E-state index in [9.17, 15) is 4.79 Å². The van der Waals surface area contributed by atoms with Crippen molar-refractivity contribution >= 4 is 6.09 Å². The number of hydrogen-bond donors (Lipinski definition) is 0. The summed E-state index contributed by atoms with van der Waals surface area (Å²) in [5.74, 6) is 1.28. The predicted octanol–water partition coefficient (Wildman–Crippen LogP) is 2.23. The van der Waals surface area contributed by atoms with Crippen LogP contribution in [0.15, 0.2) is 22.8 Å². The summed E-state index contributed by atoms with van der Waals surface area (Å²) >= 11 is 0. The standard InChI is InChI=1S/C11H15NO3/c1-2-14-11(13)12-6-5-9(8-12)10-4-3-7-15-10/h3-4,7,9H,2,5-6,8H2,1H3. The molecular weight excluding hydrogens is 194 g/mol. The second-order valence-corrected chi connectivity index (χ2v) is 3.65. The minimum absolute atomic E-state index is 0.216. The summed E-state index contributed by atoms with van der Waals surface area (Å²) in [5, 5.41) is 0. The molecule has 1 aliphatic rings. The molecule has 82 valence electrons. The van der Waals surface area contributed by atoms with Gasteiger partial charge in [0.05, 0.1) is 12.9 Å². The molecule has 0 aromatic carbocycles. The molecule has 1 aliphatic heterocycles. The quantitative estimate of drug-likeness (QED) is 0.750. The number of likely N-dealkylation sites (tertiary alicyclic amines) is 1. The van der Waals surface area contributed by atoms with Crippen molar-refractivity contribution < 1.29 is 13.9 Å². The SMILES string of the molecule is CCOC(=O)N1CCC(c2ccco2)C1. The maximum absolute atomic E-state index is 11.4. The molecule has 1 amide bonds. The second-order valence-electron chi connectivity index (χ2n) is 3.65. The van der Waals surface area contributed by atoms with Crippen molar-refractivity contribution in [3.8, 4) is 0 Å². The zero-order chi connectivity index (χ0) is 10.7. The summed E-state index contributed by atoms with van der Waals surface area (Å²) in [4.78, 5) is 13.2. The first-order valence-corrected chi connectivity index (χ1v) is 5.26. The molecule has 15 heavy (non-hydrogen) atoms. The van der Waals surface area contributed by atoms with Crippen molar-refractivity contribution in [2.75, 3.05) is 19.7 Å². The molecular formula is C11H15NO3. The molecule has 1 aromatic rings. The van der Waals surface area contributed by atoms with Gasteiger partial charge in [0.15, 0.2) is 0 Å². The van der Waals surface area contributed by atoms with E-state index in [1.807, 2.05) is 19.1 Å². The molecule has 0 N–H and O–H groups in total. The Labute approximate surface area is 88.8 Å². The van der Waals surface area contributed by atoms with Crippen molar-refractivity contribution in [3.63, 3.8) is 0 Å². The van der Waals surface area contributed by atoms with Gasteiger partial charge in [0.1, 0.15) is 5.76 Å². The topological polar surface area (TPSA) is 42.7 Å². The molecule has 1 saturated heterocycles. The van der Waals surface area contributed by atoms with E-state index in [-0.39, 0.29) is 6.09 Å². The van der Waals surface area contributed by atoms with Crippen LogP contribution in [0, 0.1) is 0 Å². The first-order valence-electron chi connectivity index (χ1n) is 5.26. The van der Waals surface area contributed by atoms with Gasteiger partial charge in [0.25, 0.3) is 0 Å². The molecule has 2 rings (SSSR count). The molecule has 0 aliphatic carbocycles. The monoisotopic (exact) mass is 209 g/mol. The van der Waals surface area contributed by atoms with E-state index >= 15 is 0 Å². The number of hydrogen-bond acceptors (Lipinski definition) is 3. The number of ether oxygens (including phenoxy) is 1. The minimum Gasteiger partial charge on any atom is -0.469 e. The van der Waals surface area contributed by atoms with Crippen molar-refractivity contribution in [1.29, 1.82) is 0 Å². The molecule has 1 fully saturated rings. The van der Waals surface area contributed by atoms with Crippen LogP contribution in [0.2, 0.25) is 0 Å². The Morgan fingerprint density at radius 3 is 3.27 bits per heavy atom. The van der Waals surface area contributed by atoms with E-state index in [1.165, 1.54) is 0 Å². The highest BCUT2D eigenvalue weighted by atomic mass is 16.6. The van der Waals surface area contributed by atoms with Crippen molar-refractivity contribution in [2.24, 2.45) is 0 Å². The Hall–Kier alpha value is -1.45. The van der Waals surface area contributed by atoms with E-state index in [4.69, 9.17) is 9.15 Å². The highest BCUT2D eigenvalue weighted by Crippen LogP contribution is 2.27. The van der Waals surface area contributed by atoms with Gasteiger partial charge < -0.3 is 14.1 Å². The third-order valence-electron chi connectivity index (χ3n) is 2.66. The highest BCUT2D eigenvalue weighted by Gasteiger charge is 2.29. The zero-order valence-electron chi connectivity index (χ0n) is 8.81. The summed E-state index contributed by atoms with van der Waals surface area (Å²) < 4.78 is 10.3. The number of rotatable bonds is 2. The Balaban J connectivity index is 1.92. The van der Waals surface area contributed by atoms with Gasteiger partial charge in [-0.05, 0) is 25.5 Å². The average molecular weight is 209 g/mol. The number of amides is 1. The van der Waals surface area contributed by atoms with Crippen LogP contribution in [-0.4, -0.2) is 30.7 Å². The lowest BCUT2D eigenvalue weighted by molar-refractivity contribution is 0.115. The zero-order valence-corrected chi connectivity index (χ0v) is 8.81. The van der Waals surface area contributed by atoms with Crippen LogP contribution in [0.4, 0.5) is 4.79 Å². The Bertz CT molecular complexity index is 321. The Morgan fingerprint density at radius 2 is 2.60 bits per heavy atom. The molecule has 1 atom stereocenters. The smallest absolute Gasteiger partial charge is 0.409 e. The lowest BCUT2D eigenvalue weighted by atomic mass is 10.1. The molecule has 1 aromatic heterocycles. The molecule has 4 heteroatoms. The third kappa shape index (κ3) is 2.14. The van der Waals surface area contributed by atoms with Crippen molar-refractivity contribution in [1.82, 2.24) is 4.90 Å². The van der Waals surface area contributed by atoms with E-state index in [0.29, 0.717) is 19.1 Å². The molecule has 0 bridgehead atoms. The average Bonchev–Trinajstić information content (AvgIpc) is 2.89. The van der Waals surface area contributed by atoms with Gasteiger partial charge in [-0.3, -0.25) is 0 Å². The number of furan rings is 1. The Kier molecular flexibility index (Phi) is 2.94. The number of carbonyl (C=O) groups is 1. The molecule has 0 radical (unpaired) electrons. The van der Waals surface area contributed by atoms with E-state index in [1.54, 1.807) is 11.2 Å². The van der Waals surface area contributed by atoms with Gasteiger partial charge in [-0.25, -0.2) is 4.79 Å². The van der Waals surface area contributed by atoms with Crippen molar-refractivity contribution in [3.05, 3.63) is 24.2 Å². The third-order valence-corrected chi connectivity index (χ3v) is 2.66. The summed E-state index contributed by atoms with van der Waals surface area (Å²) in [6.45, 7) is 3.70. The predicted molar refractivity (Wildman–Crippen MR) is 54.7 cm³/mol. The lowest BCUT2D eigenvalue weighted by Crippen LogP contribution is -2.29. The maximum Gasteiger partial charge on any atom is 0.409 e. The minimum atomic E-state index is -0.216. The lowest BCUT2D eigenvalue weighted by Gasteiger charge is -2.14.